The minimum Gasteiger partial charge on any atom is -0.479 e. The zero-order valence-electron chi connectivity index (χ0n) is 8.80. The zero-order valence-corrected chi connectivity index (χ0v) is 9.61. The number of hydrogen-bond donors (Lipinski definition) is 2. The molecule has 1 fully saturated rings. The van der Waals surface area contributed by atoms with Crippen molar-refractivity contribution >= 4 is 18.4 Å². The molecule has 2 rings (SSSR count). The molecule has 0 aliphatic heterocycles. The number of carboxylic acids is 1. The predicted octanol–water partition coefficient (Wildman–Crippen LogP) is 2.18. The summed E-state index contributed by atoms with van der Waals surface area (Å²) in [6.07, 6.45) is 2.59. The van der Waals surface area contributed by atoms with Crippen molar-refractivity contribution in [1.82, 2.24) is 0 Å². The molecule has 3 nitrogen and oxygen atoms in total. The molecule has 2 N–H and O–H groups in total. The van der Waals surface area contributed by atoms with Gasteiger partial charge in [0.15, 0.2) is 5.60 Å². The molecule has 1 aliphatic rings. The van der Waals surface area contributed by atoms with Gasteiger partial charge < -0.3 is 10.2 Å². The molecule has 0 radical (unpaired) electrons. The van der Waals surface area contributed by atoms with Gasteiger partial charge in [-0.3, -0.25) is 0 Å². The number of halogens is 1. The van der Waals surface area contributed by atoms with Gasteiger partial charge in [-0.1, -0.05) is 36.8 Å². The third-order valence-electron chi connectivity index (χ3n) is 3.24. The highest BCUT2D eigenvalue weighted by atomic mass is 35.5. The van der Waals surface area contributed by atoms with Gasteiger partial charge in [-0.25, -0.2) is 4.79 Å². The Kier molecular flexibility index (Phi) is 3.94. The van der Waals surface area contributed by atoms with Gasteiger partial charge in [0.1, 0.15) is 0 Å². The second-order valence-corrected chi connectivity index (χ2v) is 4.07. The monoisotopic (exact) mass is 242 g/mol. The third-order valence-corrected chi connectivity index (χ3v) is 3.24. The molecular weight excluding hydrogens is 228 g/mol. The predicted molar refractivity (Wildman–Crippen MR) is 62.6 cm³/mol. The van der Waals surface area contributed by atoms with Gasteiger partial charge in [0.25, 0.3) is 0 Å². The summed E-state index contributed by atoms with van der Waals surface area (Å²) in [4.78, 5) is 11.2. The van der Waals surface area contributed by atoms with E-state index in [9.17, 15) is 15.0 Å². The molecule has 0 amide bonds. The first kappa shape index (κ1) is 13.0. The molecule has 0 aromatic heterocycles. The SMILES string of the molecule is Cl.O=C(O)C(O)(c1ccccc1)C1CCC1. The van der Waals surface area contributed by atoms with Crippen LogP contribution in [0, 0.1) is 5.92 Å². The second-order valence-electron chi connectivity index (χ2n) is 4.07. The summed E-state index contributed by atoms with van der Waals surface area (Å²) in [7, 11) is 0. The van der Waals surface area contributed by atoms with Gasteiger partial charge in [-0.05, 0) is 18.4 Å². The van der Waals surface area contributed by atoms with Gasteiger partial charge in [0.2, 0.25) is 0 Å². The molecular formula is C12H15ClO3. The minimum atomic E-state index is -1.69. The van der Waals surface area contributed by atoms with E-state index in [2.05, 4.69) is 0 Å². The summed E-state index contributed by atoms with van der Waals surface area (Å²) < 4.78 is 0. The standard InChI is InChI=1S/C12H14O3.ClH/c13-11(14)12(15,10-7-4-8-10)9-5-2-1-3-6-9;/h1-3,5-6,10,15H,4,7-8H2,(H,13,14);1H. The van der Waals surface area contributed by atoms with E-state index >= 15 is 0 Å². The Morgan fingerprint density at radius 2 is 1.81 bits per heavy atom. The molecule has 0 saturated heterocycles. The van der Waals surface area contributed by atoms with E-state index in [-0.39, 0.29) is 18.3 Å². The molecule has 88 valence electrons. The quantitative estimate of drug-likeness (QED) is 0.854. The Bertz CT molecular complexity index is 362. The molecule has 1 unspecified atom stereocenters. The van der Waals surface area contributed by atoms with E-state index in [4.69, 9.17) is 0 Å². The average Bonchev–Trinajstić information content (AvgIpc) is 2.16. The van der Waals surface area contributed by atoms with Crippen molar-refractivity contribution in [1.29, 1.82) is 0 Å². The van der Waals surface area contributed by atoms with Crippen molar-refractivity contribution in [3.63, 3.8) is 0 Å². The van der Waals surface area contributed by atoms with Crippen LogP contribution in [0.25, 0.3) is 0 Å². The number of carboxylic acid groups (broad SMARTS) is 1. The third kappa shape index (κ3) is 1.93. The van der Waals surface area contributed by atoms with Crippen molar-refractivity contribution in [3.8, 4) is 0 Å². The van der Waals surface area contributed by atoms with E-state index in [0.717, 1.165) is 19.3 Å². The van der Waals surface area contributed by atoms with Gasteiger partial charge in [-0.15, -0.1) is 12.4 Å². The summed E-state index contributed by atoms with van der Waals surface area (Å²) in [5.74, 6) is -1.28. The lowest BCUT2D eigenvalue weighted by Crippen LogP contribution is -2.45. The van der Waals surface area contributed by atoms with Crippen LogP contribution >= 0.6 is 12.4 Å². The van der Waals surface area contributed by atoms with Crippen molar-refractivity contribution in [2.75, 3.05) is 0 Å². The summed E-state index contributed by atoms with van der Waals surface area (Å²) in [5.41, 5.74) is -1.21. The van der Waals surface area contributed by atoms with Crippen LogP contribution in [0.1, 0.15) is 24.8 Å². The van der Waals surface area contributed by atoms with Gasteiger partial charge in [-0.2, -0.15) is 0 Å². The van der Waals surface area contributed by atoms with E-state index in [1.54, 1.807) is 24.3 Å². The maximum Gasteiger partial charge on any atom is 0.340 e. The maximum atomic E-state index is 11.2. The number of aliphatic carboxylic acids is 1. The Hall–Kier alpha value is -1.06. The summed E-state index contributed by atoms with van der Waals surface area (Å²) >= 11 is 0. The van der Waals surface area contributed by atoms with E-state index in [0.29, 0.717) is 5.56 Å². The van der Waals surface area contributed by atoms with Crippen LogP contribution in [0.3, 0.4) is 0 Å². The molecule has 1 aromatic rings. The van der Waals surface area contributed by atoms with Crippen LogP contribution in [0.2, 0.25) is 0 Å². The number of rotatable bonds is 3. The molecule has 1 saturated carbocycles. The normalized spacial score (nSPS) is 19.1. The fraction of sp³-hybridized carbons (Fsp3) is 0.417. The average molecular weight is 243 g/mol. The molecule has 0 bridgehead atoms. The van der Waals surface area contributed by atoms with Crippen molar-refractivity contribution < 1.29 is 15.0 Å². The van der Waals surface area contributed by atoms with Crippen LogP contribution in [0.5, 0.6) is 0 Å². The Balaban J connectivity index is 0.00000128. The van der Waals surface area contributed by atoms with Crippen LogP contribution < -0.4 is 0 Å². The number of benzene rings is 1. The summed E-state index contributed by atoms with van der Waals surface area (Å²) in [6, 6.07) is 8.66. The number of hydrogen-bond acceptors (Lipinski definition) is 2. The lowest BCUT2D eigenvalue weighted by atomic mass is 9.70. The molecule has 4 heteroatoms. The van der Waals surface area contributed by atoms with Crippen LogP contribution in [0.15, 0.2) is 30.3 Å². The van der Waals surface area contributed by atoms with Crippen LogP contribution in [0.4, 0.5) is 0 Å². The van der Waals surface area contributed by atoms with Crippen molar-refractivity contribution in [3.05, 3.63) is 35.9 Å². The van der Waals surface area contributed by atoms with E-state index in [1.165, 1.54) is 0 Å². The van der Waals surface area contributed by atoms with Gasteiger partial charge in [0.05, 0.1) is 0 Å². The van der Waals surface area contributed by atoms with Crippen LogP contribution in [-0.2, 0) is 10.4 Å². The molecule has 1 atom stereocenters. The smallest absolute Gasteiger partial charge is 0.340 e. The first-order valence-electron chi connectivity index (χ1n) is 5.17. The number of aliphatic hydroxyl groups is 1. The highest BCUT2D eigenvalue weighted by Crippen LogP contribution is 2.42. The highest BCUT2D eigenvalue weighted by Gasteiger charge is 2.47. The fourth-order valence-corrected chi connectivity index (χ4v) is 2.05. The minimum absolute atomic E-state index is 0. The summed E-state index contributed by atoms with van der Waals surface area (Å²) in [6.45, 7) is 0. The maximum absolute atomic E-state index is 11.2. The lowest BCUT2D eigenvalue weighted by molar-refractivity contribution is -0.171. The summed E-state index contributed by atoms with van der Waals surface area (Å²) in [5, 5.41) is 19.5. The first-order chi connectivity index (χ1) is 7.15. The zero-order chi connectivity index (χ0) is 10.9. The van der Waals surface area contributed by atoms with Crippen molar-refractivity contribution in [2.24, 2.45) is 5.92 Å². The van der Waals surface area contributed by atoms with Crippen LogP contribution in [-0.4, -0.2) is 16.2 Å². The Morgan fingerprint density at radius 3 is 2.19 bits per heavy atom. The van der Waals surface area contributed by atoms with Gasteiger partial charge >= 0.3 is 5.97 Å². The molecule has 1 aromatic carbocycles. The van der Waals surface area contributed by atoms with Crippen molar-refractivity contribution in [2.45, 2.75) is 24.9 Å². The molecule has 0 spiro atoms. The first-order valence-corrected chi connectivity index (χ1v) is 5.17. The van der Waals surface area contributed by atoms with E-state index in [1.807, 2.05) is 6.07 Å². The highest BCUT2D eigenvalue weighted by molar-refractivity contribution is 5.85. The topological polar surface area (TPSA) is 57.5 Å². The molecule has 0 heterocycles. The van der Waals surface area contributed by atoms with E-state index < -0.39 is 11.6 Å². The largest absolute Gasteiger partial charge is 0.479 e. The number of carbonyl (C=O) groups is 1. The molecule has 1 aliphatic carbocycles. The second kappa shape index (κ2) is 4.85. The van der Waals surface area contributed by atoms with Gasteiger partial charge in [0, 0.05) is 5.92 Å². The molecule has 16 heavy (non-hydrogen) atoms. The lowest BCUT2D eigenvalue weighted by Gasteiger charge is -2.38. The Labute approximate surface area is 101 Å². The fourth-order valence-electron chi connectivity index (χ4n) is 2.05. The Morgan fingerprint density at radius 1 is 1.25 bits per heavy atom.